The first-order valence-electron chi connectivity index (χ1n) is 5.57. The maximum atomic E-state index is 11.4. The second-order valence-corrected chi connectivity index (χ2v) is 6.93. The zero-order valence-electron chi connectivity index (χ0n) is 9.16. The van der Waals surface area contributed by atoms with Crippen molar-refractivity contribution in [1.29, 1.82) is 0 Å². The van der Waals surface area contributed by atoms with E-state index in [9.17, 15) is 8.42 Å². The third kappa shape index (κ3) is 2.19. The van der Waals surface area contributed by atoms with E-state index in [0.717, 1.165) is 19.5 Å². The number of rotatable bonds is 4. The molecule has 0 aromatic rings. The summed E-state index contributed by atoms with van der Waals surface area (Å²) in [6, 6.07) is 0. The lowest BCUT2D eigenvalue weighted by Crippen LogP contribution is -2.60. The van der Waals surface area contributed by atoms with E-state index in [1.165, 1.54) is 0 Å². The zero-order chi connectivity index (χ0) is 10.9. The van der Waals surface area contributed by atoms with Gasteiger partial charge in [0.15, 0.2) is 9.84 Å². The van der Waals surface area contributed by atoms with Crippen LogP contribution in [0.3, 0.4) is 0 Å². The lowest BCUT2D eigenvalue weighted by Gasteiger charge is -2.46. The normalized spacial score (nSPS) is 32.5. The van der Waals surface area contributed by atoms with Crippen LogP contribution in [-0.2, 0) is 14.6 Å². The molecule has 4 nitrogen and oxygen atoms in total. The van der Waals surface area contributed by atoms with Crippen LogP contribution in [0.1, 0.15) is 13.3 Å². The van der Waals surface area contributed by atoms with Crippen molar-refractivity contribution in [3.63, 3.8) is 0 Å². The van der Waals surface area contributed by atoms with Crippen molar-refractivity contribution in [3.05, 3.63) is 0 Å². The van der Waals surface area contributed by atoms with Gasteiger partial charge in [-0.05, 0) is 19.3 Å². The molecular weight excluding hydrogens is 214 g/mol. The summed E-state index contributed by atoms with van der Waals surface area (Å²) in [5.41, 5.74) is 0.0968. The lowest BCUT2D eigenvalue weighted by molar-refractivity contribution is -0.0189. The molecule has 0 aromatic heterocycles. The Kier molecular flexibility index (Phi) is 3.05. The molecule has 2 aliphatic rings. The third-order valence-electron chi connectivity index (χ3n) is 3.65. The average Bonchev–Trinajstić information content (AvgIpc) is 2.45. The van der Waals surface area contributed by atoms with Gasteiger partial charge in [-0.2, -0.15) is 0 Å². The average molecular weight is 233 g/mol. The molecule has 2 fully saturated rings. The Morgan fingerprint density at radius 1 is 1.47 bits per heavy atom. The largest absolute Gasteiger partial charge is 0.381 e. The highest BCUT2D eigenvalue weighted by molar-refractivity contribution is 7.91. The van der Waals surface area contributed by atoms with E-state index in [0.29, 0.717) is 30.6 Å². The Balaban J connectivity index is 2.01. The van der Waals surface area contributed by atoms with Crippen molar-refractivity contribution in [2.24, 2.45) is 11.3 Å². The molecule has 1 N–H and O–H groups in total. The van der Waals surface area contributed by atoms with E-state index in [4.69, 9.17) is 4.74 Å². The van der Waals surface area contributed by atoms with Gasteiger partial charge in [0.05, 0.1) is 18.1 Å². The van der Waals surface area contributed by atoms with Crippen molar-refractivity contribution in [3.8, 4) is 0 Å². The van der Waals surface area contributed by atoms with Crippen LogP contribution < -0.4 is 5.32 Å². The molecule has 2 aliphatic heterocycles. The van der Waals surface area contributed by atoms with Crippen LogP contribution in [0.4, 0.5) is 0 Å². The summed E-state index contributed by atoms with van der Waals surface area (Å²) in [4.78, 5) is 0. The van der Waals surface area contributed by atoms with E-state index in [-0.39, 0.29) is 5.41 Å². The molecular formula is C10H19NO3S. The van der Waals surface area contributed by atoms with Crippen molar-refractivity contribution in [2.75, 3.05) is 37.8 Å². The molecule has 0 bridgehead atoms. The van der Waals surface area contributed by atoms with Crippen molar-refractivity contribution < 1.29 is 13.2 Å². The molecule has 1 unspecified atom stereocenters. The monoisotopic (exact) mass is 233 g/mol. The molecule has 5 heteroatoms. The van der Waals surface area contributed by atoms with Crippen LogP contribution in [0.5, 0.6) is 0 Å². The summed E-state index contributed by atoms with van der Waals surface area (Å²) < 4.78 is 28.4. The lowest BCUT2D eigenvalue weighted by atomic mass is 9.71. The first-order valence-corrected chi connectivity index (χ1v) is 7.39. The van der Waals surface area contributed by atoms with Gasteiger partial charge in [0.2, 0.25) is 0 Å². The first kappa shape index (κ1) is 11.4. The first-order chi connectivity index (χ1) is 7.08. The van der Waals surface area contributed by atoms with Gasteiger partial charge in [-0.3, -0.25) is 0 Å². The Morgan fingerprint density at radius 2 is 2.20 bits per heavy atom. The summed E-state index contributed by atoms with van der Waals surface area (Å²) >= 11 is 0. The van der Waals surface area contributed by atoms with Crippen LogP contribution in [-0.4, -0.2) is 46.2 Å². The molecule has 0 aromatic carbocycles. The predicted octanol–water partition coefficient (Wildman–Crippen LogP) is 0.0472. The Hall–Kier alpha value is -0.130. The standard InChI is InChI=1S/C10H19NO3S/c1-2-14-8-10(6-11-7-10)9-3-4-15(12,13)5-9/h9,11H,2-8H2,1H3. The van der Waals surface area contributed by atoms with E-state index >= 15 is 0 Å². The maximum Gasteiger partial charge on any atom is 0.150 e. The maximum absolute atomic E-state index is 11.4. The van der Waals surface area contributed by atoms with Gasteiger partial charge in [-0.1, -0.05) is 0 Å². The molecule has 0 spiro atoms. The van der Waals surface area contributed by atoms with Crippen LogP contribution in [0.15, 0.2) is 0 Å². The van der Waals surface area contributed by atoms with Crippen LogP contribution in [0.25, 0.3) is 0 Å². The summed E-state index contributed by atoms with van der Waals surface area (Å²) in [5, 5.41) is 3.24. The SMILES string of the molecule is CCOCC1(C2CCS(=O)(=O)C2)CNC1. The molecule has 0 radical (unpaired) electrons. The minimum Gasteiger partial charge on any atom is -0.381 e. The number of nitrogens with one attached hydrogen (secondary N) is 1. The summed E-state index contributed by atoms with van der Waals surface area (Å²) in [6.07, 6.45) is 0.817. The number of hydrogen-bond acceptors (Lipinski definition) is 4. The minimum atomic E-state index is -2.76. The predicted molar refractivity (Wildman–Crippen MR) is 58.6 cm³/mol. The summed E-state index contributed by atoms with van der Waals surface area (Å²) in [6.45, 7) is 5.21. The molecule has 2 heterocycles. The fourth-order valence-electron chi connectivity index (χ4n) is 2.54. The van der Waals surface area contributed by atoms with Crippen molar-refractivity contribution in [1.82, 2.24) is 5.32 Å². The highest BCUT2D eigenvalue weighted by Crippen LogP contribution is 2.39. The Morgan fingerprint density at radius 3 is 2.60 bits per heavy atom. The molecule has 88 valence electrons. The highest BCUT2D eigenvalue weighted by atomic mass is 32.2. The van der Waals surface area contributed by atoms with Crippen LogP contribution in [0, 0.1) is 11.3 Å². The van der Waals surface area contributed by atoms with Gasteiger partial charge < -0.3 is 10.1 Å². The van der Waals surface area contributed by atoms with Gasteiger partial charge in [-0.15, -0.1) is 0 Å². The number of sulfone groups is 1. The van der Waals surface area contributed by atoms with Gasteiger partial charge in [0.25, 0.3) is 0 Å². The molecule has 1 atom stereocenters. The number of ether oxygens (including phenoxy) is 1. The fourth-order valence-corrected chi connectivity index (χ4v) is 4.48. The van der Waals surface area contributed by atoms with Gasteiger partial charge in [-0.25, -0.2) is 8.42 Å². The quantitative estimate of drug-likeness (QED) is 0.745. The third-order valence-corrected chi connectivity index (χ3v) is 5.41. The van der Waals surface area contributed by atoms with E-state index in [1.807, 2.05) is 6.92 Å². The molecule has 15 heavy (non-hydrogen) atoms. The van der Waals surface area contributed by atoms with Crippen molar-refractivity contribution >= 4 is 9.84 Å². The van der Waals surface area contributed by atoms with Gasteiger partial charge >= 0.3 is 0 Å². The van der Waals surface area contributed by atoms with Crippen LogP contribution >= 0.6 is 0 Å². The fraction of sp³-hybridized carbons (Fsp3) is 1.00. The zero-order valence-corrected chi connectivity index (χ0v) is 9.98. The second-order valence-electron chi connectivity index (χ2n) is 4.70. The Bertz CT molecular complexity index is 322. The summed E-state index contributed by atoms with van der Waals surface area (Å²) in [7, 11) is -2.76. The number of hydrogen-bond donors (Lipinski definition) is 1. The van der Waals surface area contributed by atoms with E-state index in [2.05, 4.69) is 5.32 Å². The highest BCUT2D eigenvalue weighted by Gasteiger charge is 2.48. The van der Waals surface area contributed by atoms with E-state index in [1.54, 1.807) is 0 Å². The Labute approximate surface area is 91.3 Å². The smallest absolute Gasteiger partial charge is 0.150 e. The van der Waals surface area contributed by atoms with E-state index < -0.39 is 9.84 Å². The molecule has 0 aliphatic carbocycles. The second kappa shape index (κ2) is 4.03. The molecule has 0 amide bonds. The summed E-state index contributed by atoms with van der Waals surface area (Å²) in [5.74, 6) is 1.03. The molecule has 2 saturated heterocycles. The van der Waals surface area contributed by atoms with Crippen LogP contribution in [0.2, 0.25) is 0 Å². The van der Waals surface area contributed by atoms with Gasteiger partial charge in [0.1, 0.15) is 0 Å². The topological polar surface area (TPSA) is 55.4 Å². The van der Waals surface area contributed by atoms with Crippen molar-refractivity contribution in [2.45, 2.75) is 13.3 Å². The molecule has 0 saturated carbocycles. The molecule has 2 rings (SSSR count). The minimum absolute atomic E-state index is 0.0968. The van der Waals surface area contributed by atoms with Gasteiger partial charge in [0, 0.05) is 25.1 Å².